The second-order valence-electron chi connectivity index (χ2n) is 2.13. The van der Waals surface area contributed by atoms with Crippen molar-refractivity contribution < 1.29 is 14.0 Å². The molecule has 0 atom stereocenters. The highest BCUT2D eigenvalue weighted by Gasteiger charge is 2.08. The Labute approximate surface area is 73.0 Å². The Morgan fingerprint density at radius 2 is 1.58 bits per heavy atom. The average Bonchev–Trinajstić information content (AvgIpc) is 2.08. The summed E-state index contributed by atoms with van der Waals surface area (Å²) in [6.07, 6.45) is 0.627. The molecular weight excluding hydrogens is 183 g/mol. The smallest absolute Gasteiger partial charge is 0.153 e. The van der Waals surface area contributed by atoms with Gasteiger partial charge in [-0.05, 0) is 12.1 Å². The number of hydrogen-bond donors (Lipinski definition) is 0. The van der Waals surface area contributed by atoms with Gasteiger partial charge in [0.15, 0.2) is 12.6 Å². The Bertz CT molecular complexity index is 307. The van der Waals surface area contributed by atoms with Crippen molar-refractivity contribution >= 4 is 24.2 Å². The lowest BCUT2D eigenvalue weighted by atomic mass is 10.1. The predicted molar refractivity (Wildman–Crippen MR) is 42.2 cm³/mol. The first-order valence-electron chi connectivity index (χ1n) is 3.08. The summed E-state index contributed by atoms with van der Waals surface area (Å²) in [4.78, 5) is 20.5. The largest absolute Gasteiger partial charge is 0.298 e. The maximum absolute atomic E-state index is 12.9. The van der Waals surface area contributed by atoms with Crippen molar-refractivity contribution in [2.24, 2.45) is 0 Å². The van der Waals surface area contributed by atoms with Crippen LogP contribution in [-0.2, 0) is 0 Å². The van der Waals surface area contributed by atoms with Crippen molar-refractivity contribution in [3.8, 4) is 0 Å². The van der Waals surface area contributed by atoms with E-state index in [9.17, 15) is 14.0 Å². The van der Waals surface area contributed by atoms with Crippen LogP contribution in [0.2, 0.25) is 5.02 Å². The Balaban J connectivity index is 3.41. The van der Waals surface area contributed by atoms with Gasteiger partial charge in [0.25, 0.3) is 0 Å². The molecule has 0 aliphatic carbocycles. The lowest BCUT2D eigenvalue weighted by molar-refractivity contribution is 0.111. The third-order valence-corrected chi connectivity index (χ3v) is 1.57. The molecule has 1 aromatic carbocycles. The first-order valence-corrected chi connectivity index (χ1v) is 3.46. The molecule has 0 heterocycles. The first kappa shape index (κ1) is 8.87. The summed E-state index contributed by atoms with van der Waals surface area (Å²) in [5.74, 6) is -0.829. The molecule has 0 amide bonds. The molecule has 0 aliphatic heterocycles. The van der Waals surface area contributed by atoms with Gasteiger partial charge in [-0.3, -0.25) is 9.59 Å². The highest BCUT2D eigenvalue weighted by atomic mass is 35.5. The second kappa shape index (κ2) is 3.45. The molecule has 0 N–H and O–H groups in total. The van der Waals surface area contributed by atoms with Crippen LogP contribution in [0.15, 0.2) is 12.1 Å². The summed E-state index contributed by atoms with van der Waals surface area (Å²) < 4.78 is 12.9. The van der Waals surface area contributed by atoms with Gasteiger partial charge in [0.05, 0.1) is 11.1 Å². The van der Waals surface area contributed by atoms with Crippen molar-refractivity contribution in [1.29, 1.82) is 0 Å². The minimum absolute atomic E-state index is 0.167. The fraction of sp³-hybridized carbons (Fsp3) is 0. The lowest BCUT2D eigenvalue weighted by Crippen LogP contribution is -1.94. The van der Waals surface area contributed by atoms with Gasteiger partial charge >= 0.3 is 0 Å². The van der Waals surface area contributed by atoms with Crippen LogP contribution in [-0.4, -0.2) is 12.6 Å². The van der Waals surface area contributed by atoms with Gasteiger partial charge < -0.3 is 0 Å². The van der Waals surface area contributed by atoms with Crippen molar-refractivity contribution in [2.45, 2.75) is 0 Å². The van der Waals surface area contributed by atoms with E-state index in [4.69, 9.17) is 11.6 Å². The average molecular weight is 187 g/mol. The number of carbonyl (C=O) groups is 2. The molecule has 0 aromatic heterocycles. The third kappa shape index (κ3) is 1.51. The highest BCUT2D eigenvalue weighted by molar-refractivity contribution is 6.31. The van der Waals surface area contributed by atoms with Crippen LogP contribution in [0.5, 0.6) is 0 Å². The van der Waals surface area contributed by atoms with E-state index in [2.05, 4.69) is 0 Å². The third-order valence-electron chi connectivity index (χ3n) is 1.35. The van der Waals surface area contributed by atoms with Crippen LogP contribution in [0.25, 0.3) is 0 Å². The number of hydrogen-bond acceptors (Lipinski definition) is 2. The molecule has 12 heavy (non-hydrogen) atoms. The van der Waals surface area contributed by atoms with Crippen LogP contribution in [0.1, 0.15) is 20.7 Å². The van der Waals surface area contributed by atoms with Crippen molar-refractivity contribution in [3.05, 3.63) is 34.1 Å². The topological polar surface area (TPSA) is 34.1 Å². The summed E-state index contributed by atoms with van der Waals surface area (Å²) in [6, 6.07) is 2.33. The minimum Gasteiger partial charge on any atom is -0.298 e. The minimum atomic E-state index is -0.829. The standard InChI is InChI=1S/C8H4ClFO2/c9-7-1-5(3-11)8(10)6(2-7)4-12/h1-4H. The molecule has 0 radical (unpaired) electrons. The van der Waals surface area contributed by atoms with E-state index < -0.39 is 5.82 Å². The van der Waals surface area contributed by atoms with E-state index in [1.807, 2.05) is 0 Å². The summed E-state index contributed by atoms with van der Waals surface area (Å²) >= 11 is 5.50. The maximum Gasteiger partial charge on any atom is 0.153 e. The maximum atomic E-state index is 12.9. The quantitative estimate of drug-likeness (QED) is 0.663. The highest BCUT2D eigenvalue weighted by Crippen LogP contribution is 2.17. The first-order chi connectivity index (χ1) is 5.69. The van der Waals surface area contributed by atoms with Crippen LogP contribution < -0.4 is 0 Å². The van der Waals surface area contributed by atoms with Crippen LogP contribution in [0.4, 0.5) is 4.39 Å². The summed E-state index contributed by atoms with van der Waals surface area (Å²) in [6.45, 7) is 0. The van der Waals surface area contributed by atoms with E-state index in [1.54, 1.807) is 0 Å². The molecule has 0 bridgehead atoms. The van der Waals surface area contributed by atoms with Gasteiger partial charge in [-0.25, -0.2) is 4.39 Å². The zero-order chi connectivity index (χ0) is 9.14. The molecule has 0 fully saturated rings. The second-order valence-corrected chi connectivity index (χ2v) is 2.57. The predicted octanol–water partition coefficient (Wildman–Crippen LogP) is 2.10. The Morgan fingerprint density at radius 1 is 1.17 bits per heavy atom. The van der Waals surface area contributed by atoms with Gasteiger partial charge in [-0.15, -0.1) is 0 Å². The van der Waals surface area contributed by atoms with Crippen molar-refractivity contribution in [2.75, 3.05) is 0 Å². The van der Waals surface area contributed by atoms with Crippen LogP contribution in [0.3, 0.4) is 0 Å². The zero-order valence-electron chi connectivity index (χ0n) is 5.88. The SMILES string of the molecule is O=Cc1cc(Cl)cc(C=O)c1F. The Morgan fingerprint density at radius 3 is 1.92 bits per heavy atom. The van der Waals surface area contributed by atoms with Gasteiger partial charge in [0.2, 0.25) is 0 Å². The normalized spacial score (nSPS) is 9.50. The van der Waals surface area contributed by atoms with E-state index >= 15 is 0 Å². The molecule has 0 aliphatic rings. The number of benzene rings is 1. The number of rotatable bonds is 2. The number of carbonyl (C=O) groups excluding carboxylic acids is 2. The molecule has 4 heteroatoms. The van der Waals surface area contributed by atoms with Gasteiger partial charge in [-0.1, -0.05) is 11.6 Å². The Hall–Kier alpha value is -1.22. The number of aldehydes is 2. The van der Waals surface area contributed by atoms with E-state index in [-0.39, 0.29) is 16.1 Å². The number of halogens is 2. The summed E-state index contributed by atoms with van der Waals surface area (Å²) in [7, 11) is 0. The van der Waals surface area contributed by atoms with E-state index in [0.717, 1.165) is 12.1 Å². The summed E-state index contributed by atoms with van der Waals surface area (Å²) in [5, 5.41) is 0.167. The summed E-state index contributed by atoms with van der Waals surface area (Å²) in [5.41, 5.74) is -0.408. The zero-order valence-corrected chi connectivity index (χ0v) is 6.64. The lowest BCUT2D eigenvalue weighted by Gasteiger charge is -1.98. The Kier molecular flexibility index (Phi) is 2.55. The fourth-order valence-electron chi connectivity index (χ4n) is 0.804. The van der Waals surface area contributed by atoms with Gasteiger partial charge in [-0.2, -0.15) is 0 Å². The molecule has 1 aromatic rings. The molecule has 0 unspecified atom stereocenters. The van der Waals surface area contributed by atoms with Gasteiger partial charge in [0, 0.05) is 5.02 Å². The van der Waals surface area contributed by atoms with Crippen molar-refractivity contribution in [1.82, 2.24) is 0 Å². The monoisotopic (exact) mass is 186 g/mol. The van der Waals surface area contributed by atoms with E-state index in [0.29, 0.717) is 12.6 Å². The molecule has 1 rings (SSSR count). The molecule has 2 nitrogen and oxygen atoms in total. The molecule has 0 saturated carbocycles. The molecular formula is C8H4ClFO2. The van der Waals surface area contributed by atoms with Crippen molar-refractivity contribution in [3.63, 3.8) is 0 Å². The molecule has 62 valence electrons. The van der Waals surface area contributed by atoms with E-state index in [1.165, 1.54) is 0 Å². The molecule has 0 saturated heterocycles. The fourth-order valence-corrected chi connectivity index (χ4v) is 1.04. The van der Waals surface area contributed by atoms with Crippen LogP contribution in [0, 0.1) is 5.82 Å². The molecule has 0 spiro atoms. The van der Waals surface area contributed by atoms with Crippen LogP contribution >= 0.6 is 11.6 Å². The van der Waals surface area contributed by atoms with Gasteiger partial charge in [0.1, 0.15) is 5.82 Å².